The van der Waals surface area contributed by atoms with Crippen LogP contribution in [0.4, 0.5) is 29.5 Å². The van der Waals surface area contributed by atoms with Gasteiger partial charge in [-0.25, -0.2) is 27.6 Å². The maximum atomic E-state index is 15.6. The van der Waals surface area contributed by atoms with Crippen molar-refractivity contribution in [2.24, 2.45) is 5.73 Å². The minimum absolute atomic E-state index is 0.0294. The summed E-state index contributed by atoms with van der Waals surface area (Å²) in [6.45, 7) is 4.54. The summed E-state index contributed by atoms with van der Waals surface area (Å²) in [5.74, 6) is -1.40. The lowest BCUT2D eigenvalue weighted by Gasteiger charge is -2.28. The third kappa shape index (κ3) is 4.49. The van der Waals surface area contributed by atoms with E-state index in [-0.39, 0.29) is 23.6 Å². The standard InChI is InChI=1S/C29H27F3N6O/c1-15-4-3-5-16(2)26(15)38-27(19-11-22(31)25(12-21(19)30)35-29(33)39)20-14-37(9-8-24(20)36-38)28-23(32)10-18(13-34-28)17-6-7-17/h3-5,10-13,17H,6-9,14H2,1-2H3,(H3,33,35,39). The molecule has 2 aliphatic rings. The van der Waals surface area contributed by atoms with E-state index < -0.39 is 23.5 Å². The number of carbonyl (C=O) groups is 1. The van der Waals surface area contributed by atoms with Gasteiger partial charge in [-0.05, 0) is 61.4 Å². The summed E-state index contributed by atoms with van der Waals surface area (Å²) in [4.78, 5) is 17.5. The molecule has 0 unspecified atom stereocenters. The van der Waals surface area contributed by atoms with E-state index in [2.05, 4.69) is 10.3 Å². The second kappa shape index (κ2) is 9.44. The van der Waals surface area contributed by atoms with Crippen LogP contribution < -0.4 is 16.0 Å². The Balaban J connectivity index is 1.50. The molecule has 0 spiro atoms. The van der Waals surface area contributed by atoms with Crippen molar-refractivity contribution in [2.45, 2.75) is 45.6 Å². The van der Waals surface area contributed by atoms with Crippen LogP contribution in [0.2, 0.25) is 0 Å². The number of anilines is 2. The molecule has 0 bridgehead atoms. The van der Waals surface area contributed by atoms with Crippen LogP contribution in [0.3, 0.4) is 0 Å². The van der Waals surface area contributed by atoms with Gasteiger partial charge in [0, 0.05) is 42.9 Å². The number of urea groups is 1. The maximum absolute atomic E-state index is 15.6. The Labute approximate surface area is 223 Å². The topological polar surface area (TPSA) is 89.1 Å². The summed E-state index contributed by atoms with van der Waals surface area (Å²) in [5.41, 5.74) is 9.94. The number of nitrogens with zero attached hydrogens (tertiary/aromatic N) is 4. The predicted octanol–water partition coefficient (Wildman–Crippen LogP) is 5.90. The molecule has 7 nitrogen and oxygen atoms in total. The number of aryl methyl sites for hydroxylation is 2. The van der Waals surface area contributed by atoms with Crippen LogP contribution in [-0.2, 0) is 13.0 Å². The lowest BCUT2D eigenvalue weighted by Crippen LogP contribution is -2.31. The average molecular weight is 533 g/mol. The molecule has 6 rings (SSSR count). The van der Waals surface area contributed by atoms with E-state index in [1.165, 1.54) is 0 Å². The Morgan fingerprint density at radius 3 is 2.46 bits per heavy atom. The number of aromatic nitrogens is 3. The van der Waals surface area contributed by atoms with E-state index >= 15 is 13.2 Å². The van der Waals surface area contributed by atoms with Crippen LogP contribution in [0.1, 0.15) is 46.7 Å². The van der Waals surface area contributed by atoms with Gasteiger partial charge in [0.1, 0.15) is 11.6 Å². The molecule has 1 saturated carbocycles. The highest BCUT2D eigenvalue weighted by Crippen LogP contribution is 2.41. The number of amides is 2. The van der Waals surface area contributed by atoms with Crippen LogP contribution in [0.15, 0.2) is 42.6 Å². The number of pyridine rings is 1. The SMILES string of the molecule is Cc1cccc(C)c1-n1nc2c(c1-c1cc(F)c(NC(N)=O)cc1F)CN(c1ncc(C3CC3)cc1F)CC2. The number of para-hydroxylation sites is 1. The first-order valence-electron chi connectivity index (χ1n) is 12.8. The average Bonchev–Trinajstić information content (AvgIpc) is 3.67. The number of carbonyl (C=O) groups excluding carboxylic acids is 1. The first-order valence-corrected chi connectivity index (χ1v) is 12.8. The first-order chi connectivity index (χ1) is 18.7. The molecule has 4 aromatic rings. The van der Waals surface area contributed by atoms with Crippen molar-refractivity contribution in [2.75, 3.05) is 16.8 Å². The molecule has 39 heavy (non-hydrogen) atoms. The second-order valence-electron chi connectivity index (χ2n) is 10.2. The van der Waals surface area contributed by atoms with E-state index in [1.807, 2.05) is 36.9 Å². The normalized spacial score (nSPS) is 14.8. The highest BCUT2D eigenvalue weighted by Gasteiger charge is 2.31. The van der Waals surface area contributed by atoms with Gasteiger partial charge in [0.15, 0.2) is 11.6 Å². The van der Waals surface area contributed by atoms with Gasteiger partial charge in [-0.1, -0.05) is 18.2 Å². The quantitative estimate of drug-likeness (QED) is 0.335. The van der Waals surface area contributed by atoms with Gasteiger partial charge in [-0.2, -0.15) is 5.10 Å². The molecular weight excluding hydrogens is 505 g/mol. The van der Waals surface area contributed by atoms with E-state index in [1.54, 1.807) is 16.9 Å². The molecule has 200 valence electrons. The van der Waals surface area contributed by atoms with Crippen LogP contribution in [-0.4, -0.2) is 27.3 Å². The van der Waals surface area contributed by atoms with Crippen LogP contribution in [0, 0.1) is 31.3 Å². The van der Waals surface area contributed by atoms with E-state index in [0.29, 0.717) is 30.1 Å². The van der Waals surface area contributed by atoms with Crippen LogP contribution >= 0.6 is 0 Å². The van der Waals surface area contributed by atoms with Crippen LogP contribution in [0.25, 0.3) is 16.9 Å². The van der Waals surface area contributed by atoms with Gasteiger partial charge in [0.25, 0.3) is 0 Å². The number of hydrogen-bond donors (Lipinski definition) is 2. The zero-order chi connectivity index (χ0) is 27.4. The zero-order valence-electron chi connectivity index (χ0n) is 21.6. The number of fused-ring (bicyclic) bond motifs is 1. The van der Waals surface area contributed by atoms with Gasteiger partial charge in [0.2, 0.25) is 0 Å². The van der Waals surface area contributed by atoms with Crippen molar-refractivity contribution >= 4 is 17.5 Å². The third-order valence-electron chi connectivity index (χ3n) is 7.45. The number of rotatable bonds is 5. The number of halogens is 3. The van der Waals surface area contributed by atoms with E-state index in [9.17, 15) is 4.79 Å². The van der Waals surface area contributed by atoms with Crippen LogP contribution in [0.5, 0.6) is 0 Å². The Hall–Kier alpha value is -4.34. The molecule has 3 heterocycles. The summed E-state index contributed by atoms with van der Waals surface area (Å²) in [7, 11) is 0. The molecule has 10 heteroatoms. The van der Waals surface area contributed by atoms with Gasteiger partial charge in [-0.3, -0.25) is 0 Å². The zero-order valence-corrected chi connectivity index (χ0v) is 21.6. The summed E-state index contributed by atoms with van der Waals surface area (Å²) >= 11 is 0. The summed E-state index contributed by atoms with van der Waals surface area (Å²) < 4.78 is 47.5. The molecule has 0 atom stereocenters. The third-order valence-corrected chi connectivity index (χ3v) is 7.45. The van der Waals surface area contributed by atoms with Crippen molar-refractivity contribution in [3.05, 3.63) is 88.0 Å². The molecule has 2 amide bonds. The second-order valence-corrected chi connectivity index (χ2v) is 10.2. The van der Waals surface area contributed by atoms with Crippen molar-refractivity contribution < 1.29 is 18.0 Å². The van der Waals surface area contributed by atoms with Crippen molar-refractivity contribution in [1.29, 1.82) is 0 Å². The number of primary amides is 1. The molecule has 2 aromatic carbocycles. The lowest BCUT2D eigenvalue weighted by atomic mass is 9.99. The van der Waals surface area contributed by atoms with Gasteiger partial charge >= 0.3 is 6.03 Å². The largest absolute Gasteiger partial charge is 0.351 e. The fourth-order valence-corrected chi connectivity index (χ4v) is 5.41. The van der Waals surface area contributed by atoms with E-state index in [4.69, 9.17) is 10.8 Å². The highest BCUT2D eigenvalue weighted by molar-refractivity contribution is 5.88. The number of nitrogens with one attached hydrogen (secondary N) is 1. The fraction of sp³-hybridized carbons (Fsp3) is 0.276. The number of hydrogen-bond acceptors (Lipinski definition) is 4. The smallest absolute Gasteiger partial charge is 0.316 e. The molecule has 1 aliphatic carbocycles. The molecular formula is C29H27F3N6O. The summed E-state index contributed by atoms with van der Waals surface area (Å²) in [5, 5.41) is 6.96. The van der Waals surface area contributed by atoms with E-state index in [0.717, 1.165) is 53.0 Å². The fourth-order valence-electron chi connectivity index (χ4n) is 5.41. The number of nitrogens with two attached hydrogens (primary N) is 1. The number of benzene rings is 2. The molecule has 3 N–H and O–H groups in total. The first kappa shape index (κ1) is 25.0. The minimum Gasteiger partial charge on any atom is -0.351 e. The van der Waals surface area contributed by atoms with Gasteiger partial charge in [-0.15, -0.1) is 0 Å². The molecule has 1 aliphatic heterocycles. The van der Waals surface area contributed by atoms with Gasteiger partial charge in [0.05, 0.1) is 22.8 Å². The van der Waals surface area contributed by atoms with Crippen molar-refractivity contribution in [1.82, 2.24) is 14.8 Å². The lowest BCUT2D eigenvalue weighted by molar-refractivity contribution is 0.259. The molecule has 1 fully saturated rings. The summed E-state index contributed by atoms with van der Waals surface area (Å²) in [6, 6.07) is 8.26. The molecule has 0 saturated heterocycles. The Morgan fingerprint density at radius 2 is 1.79 bits per heavy atom. The predicted molar refractivity (Wildman–Crippen MR) is 143 cm³/mol. The molecule has 2 aromatic heterocycles. The highest BCUT2D eigenvalue weighted by atomic mass is 19.1. The summed E-state index contributed by atoms with van der Waals surface area (Å²) in [6.07, 6.45) is 4.29. The monoisotopic (exact) mass is 532 g/mol. The maximum Gasteiger partial charge on any atom is 0.316 e. The Morgan fingerprint density at radius 1 is 1.05 bits per heavy atom. The van der Waals surface area contributed by atoms with Gasteiger partial charge < -0.3 is 16.0 Å². The van der Waals surface area contributed by atoms with Crippen molar-refractivity contribution in [3.63, 3.8) is 0 Å². The minimum atomic E-state index is -1.00. The Kier molecular flexibility index (Phi) is 6.05. The Bertz CT molecular complexity index is 1610. The molecule has 0 radical (unpaired) electrons. The van der Waals surface area contributed by atoms with Crippen molar-refractivity contribution in [3.8, 4) is 16.9 Å².